The summed E-state index contributed by atoms with van der Waals surface area (Å²) in [6.45, 7) is 3.50. The van der Waals surface area contributed by atoms with Gasteiger partial charge in [-0.3, -0.25) is 4.79 Å². The Hall–Kier alpha value is -3.29. The first-order chi connectivity index (χ1) is 13.3. The quantitative estimate of drug-likeness (QED) is 0.704. The van der Waals surface area contributed by atoms with Crippen LogP contribution in [0.15, 0.2) is 57.7 Å². The van der Waals surface area contributed by atoms with Crippen LogP contribution >= 0.6 is 0 Å². The molecule has 1 unspecified atom stereocenters. The van der Waals surface area contributed by atoms with Gasteiger partial charge in [-0.25, -0.2) is 13.6 Å². The molecule has 0 aliphatic carbocycles. The van der Waals surface area contributed by atoms with Gasteiger partial charge in [0.2, 0.25) is 11.8 Å². The highest BCUT2D eigenvalue weighted by atomic mass is 19.1. The fraction of sp³-hybridized carbons (Fsp3) is 0.250. The lowest BCUT2D eigenvalue weighted by molar-refractivity contribution is -0.123. The van der Waals surface area contributed by atoms with Crippen LogP contribution in [0.2, 0.25) is 0 Å². The Morgan fingerprint density at radius 3 is 2.21 bits per heavy atom. The monoisotopic (exact) mass is 387 g/mol. The molecule has 1 N–H and O–H groups in total. The average Bonchev–Trinajstić information content (AvgIpc) is 3.01. The Morgan fingerprint density at radius 1 is 1.07 bits per heavy atom. The van der Waals surface area contributed by atoms with Crippen LogP contribution in [0.3, 0.4) is 0 Å². The number of hydrogen-bond acceptors (Lipinski definition) is 4. The molecular weight excluding hydrogens is 368 g/mol. The molecular formula is C20H19F2N3O3. The van der Waals surface area contributed by atoms with Gasteiger partial charge >= 0.3 is 5.76 Å². The van der Waals surface area contributed by atoms with E-state index in [1.165, 1.54) is 36.4 Å². The van der Waals surface area contributed by atoms with Crippen LogP contribution in [0.4, 0.5) is 8.78 Å². The minimum atomic E-state index is -0.794. The number of nitrogens with zero attached hydrogens (tertiary/aromatic N) is 2. The van der Waals surface area contributed by atoms with E-state index in [9.17, 15) is 18.4 Å². The first-order valence-electron chi connectivity index (χ1n) is 8.72. The second-order valence-electron chi connectivity index (χ2n) is 6.68. The van der Waals surface area contributed by atoms with Crippen LogP contribution < -0.4 is 11.1 Å². The molecule has 0 saturated heterocycles. The molecule has 0 radical (unpaired) electrons. The van der Waals surface area contributed by atoms with E-state index in [2.05, 4.69) is 10.4 Å². The van der Waals surface area contributed by atoms with E-state index >= 15 is 0 Å². The molecule has 1 aromatic heterocycles. The highest BCUT2D eigenvalue weighted by Gasteiger charge is 2.20. The third-order valence-electron chi connectivity index (χ3n) is 4.20. The van der Waals surface area contributed by atoms with Gasteiger partial charge in [-0.05, 0) is 47.9 Å². The van der Waals surface area contributed by atoms with Crippen LogP contribution in [-0.2, 0) is 11.3 Å². The largest absolute Gasteiger partial charge is 0.437 e. The number of rotatable bonds is 6. The molecule has 28 heavy (non-hydrogen) atoms. The maximum absolute atomic E-state index is 13.1. The van der Waals surface area contributed by atoms with E-state index in [-0.39, 0.29) is 30.2 Å². The predicted molar refractivity (Wildman–Crippen MR) is 98.3 cm³/mol. The predicted octanol–water partition coefficient (Wildman–Crippen LogP) is 3.30. The molecule has 146 valence electrons. The smallest absolute Gasteiger partial charge is 0.388 e. The lowest BCUT2D eigenvalue weighted by atomic mass is 9.96. The molecule has 0 aliphatic rings. The number of aromatic nitrogens is 2. The second kappa shape index (κ2) is 8.16. The maximum Gasteiger partial charge on any atom is 0.437 e. The summed E-state index contributed by atoms with van der Waals surface area (Å²) in [5.74, 6) is -1.98. The van der Waals surface area contributed by atoms with E-state index in [0.717, 1.165) is 10.2 Å². The Bertz CT molecular complexity index is 1010. The molecule has 3 rings (SSSR count). The third-order valence-corrected chi connectivity index (χ3v) is 4.20. The zero-order valence-corrected chi connectivity index (χ0v) is 15.4. The number of benzene rings is 2. The summed E-state index contributed by atoms with van der Waals surface area (Å²) in [7, 11) is 0. The molecule has 0 aliphatic heterocycles. The molecule has 0 fully saturated rings. The first-order valence-corrected chi connectivity index (χ1v) is 8.72. The van der Waals surface area contributed by atoms with Crippen LogP contribution in [0.25, 0.3) is 11.5 Å². The molecule has 2 aromatic carbocycles. The molecule has 1 amide bonds. The van der Waals surface area contributed by atoms with Crippen LogP contribution in [0, 0.1) is 17.6 Å². The van der Waals surface area contributed by atoms with Gasteiger partial charge in [0.25, 0.3) is 0 Å². The topological polar surface area (TPSA) is 77.1 Å². The van der Waals surface area contributed by atoms with Gasteiger partial charge in [0.1, 0.15) is 18.2 Å². The Kier molecular flexibility index (Phi) is 5.67. The van der Waals surface area contributed by atoms with Crippen molar-refractivity contribution in [3.8, 4) is 11.5 Å². The van der Waals surface area contributed by atoms with Crippen LogP contribution in [0.1, 0.15) is 25.5 Å². The van der Waals surface area contributed by atoms with Gasteiger partial charge in [-0.15, -0.1) is 5.10 Å². The number of carbonyl (C=O) groups excluding carboxylic acids is 1. The normalized spacial score (nSPS) is 12.2. The van der Waals surface area contributed by atoms with Crippen molar-refractivity contribution in [2.75, 3.05) is 0 Å². The fourth-order valence-electron chi connectivity index (χ4n) is 2.78. The van der Waals surface area contributed by atoms with E-state index in [4.69, 9.17) is 4.42 Å². The van der Waals surface area contributed by atoms with Crippen LogP contribution in [-0.4, -0.2) is 15.7 Å². The van der Waals surface area contributed by atoms with E-state index in [1.807, 2.05) is 13.8 Å². The lowest BCUT2D eigenvalue weighted by Gasteiger charge is -2.22. The number of halogens is 2. The van der Waals surface area contributed by atoms with E-state index in [0.29, 0.717) is 5.56 Å². The summed E-state index contributed by atoms with van der Waals surface area (Å²) in [6, 6.07) is 10.8. The molecule has 8 heteroatoms. The average molecular weight is 387 g/mol. The highest BCUT2D eigenvalue weighted by molar-refractivity contribution is 5.76. The summed E-state index contributed by atoms with van der Waals surface area (Å²) in [6.07, 6.45) is 0. The molecule has 0 saturated carbocycles. The molecule has 1 heterocycles. The van der Waals surface area contributed by atoms with Gasteiger partial charge in [0, 0.05) is 5.56 Å². The van der Waals surface area contributed by atoms with Gasteiger partial charge < -0.3 is 9.73 Å². The van der Waals surface area contributed by atoms with Gasteiger partial charge in [-0.1, -0.05) is 26.0 Å². The molecule has 0 spiro atoms. The Balaban J connectivity index is 1.74. The zero-order chi connectivity index (χ0) is 20.3. The lowest BCUT2D eigenvalue weighted by Crippen LogP contribution is -2.36. The molecule has 6 nitrogen and oxygen atoms in total. The third kappa shape index (κ3) is 4.51. The first kappa shape index (κ1) is 19.5. The van der Waals surface area contributed by atoms with Crippen molar-refractivity contribution in [1.29, 1.82) is 0 Å². The van der Waals surface area contributed by atoms with Gasteiger partial charge in [0.15, 0.2) is 0 Å². The van der Waals surface area contributed by atoms with Crippen LogP contribution in [0.5, 0.6) is 0 Å². The Labute approximate surface area is 159 Å². The van der Waals surface area contributed by atoms with E-state index in [1.54, 1.807) is 12.1 Å². The second-order valence-corrected chi connectivity index (χ2v) is 6.68. The van der Waals surface area contributed by atoms with Crippen molar-refractivity contribution in [1.82, 2.24) is 15.1 Å². The number of hydrogen-bond donors (Lipinski definition) is 1. The summed E-state index contributed by atoms with van der Waals surface area (Å²) in [4.78, 5) is 24.4. The maximum atomic E-state index is 13.1. The van der Waals surface area contributed by atoms with Crippen molar-refractivity contribution < 1.29 is 18.0 Å². The van der Waals surface area contributed by atoms with Crippen molar-refractivity contribution >= 4 is 5.91 Å². The van der Waals surface area contributed by atoms with Crippen molar-refractivity contribution in [3.05, 3.63) is 76.3 Å². The number of nitrogens with one attached hydrogen (secondary N) is 1. The van der Waals surface area contributed by atoms with Gasteiger partial charge in [-0.2, -0.15) is 4.68 Å². The van der Waals surface area contributed by atoms with Crippen molar-refractivity contribution in [2.45, 2.75) is 26.4 Å². The fourth-order valence-corrected chi connectivity index (χ4v) is 2.78. The van der Waals surface area contributed by atoms with Crippen molar-refractivity contribution in [2.24, 2.45) is 5.92 Å². The SMILES string of the molecule is CC(C)C(NC(=O)Cn1nc(-c2ccc(F)cc2)oc1=O)c1ccc(F)cc1. The van der Waals surface area contributed by atoms with E-state index < -0.39 is 17.5 Å². The molecule has 3 aromatic rings. The highest BCUT2D eigenvalue weighted by Crippen LogP contribution is 2.22. The summed E-state index contributed by atoms with van der Waals surface area (Å²) in [5, 5.41) is 6.82. The summed E-state index contributed by atoms with van der Waals surface area (Å²) in [5.41, 5.74) is 1.17. The zero-order valence-electron chi connectivity index (χ0n) is 15.4. The van der Waals surface area contributed by atoms with Crippen molar-refractivity contribution in [3.63, 3.8) is 0 Å². The van der Waals surface area contributed by atoms with Gasteiger partial charge in [0.05, 0.1) is 6.04 Å². The molecule has 1 atom stereocenters. The standard InChI is InChI=1S/C20H19F2N3O3/c1-12(2)18(13-3-7-15(21)8-4-13)23-17(26)11-25-20(27)28-19(24-25)14-5-9-16(22)10-6-14/h3-10,12,18H,11H2,1-2H3,(H,23,26). The minimum absolute atomic E-state index is 0.00301. The molecule has 0 bridgehead atoms. The number of amides is 1. The summed E-state index contributed by atoms with van der Waals surface area (Å²) >= 11 is 0. The number of carbonyl (C=O) groups is 1. The summed E-state index contributed by atoms with van der Waals surface area (Å²) < 4.78 is 32.1. The minimum Gasteiger partial charge on any atom is -0.388 e. The Morgan fingerprint density at radius 2 is 1.64 bits per heavy atom.